The van der Waals surface area contributed by atoms with E-state index in [-0.39, 0.29) is 6.10 Å². The van der Waals surface area contributed by atoms with Gasteiger partial charge in [0.15, 0.2) is 5.82 Å². The highest BCUT2D eigenvalue weighted by molar-refractivity contribution is 5.81. The van der Waals surface area contributed by atoms with Gasteiger partial charge >= 0.3 is 0 Å². The lowest BCUT2D eigenvalue weighted by atomic mass is 10.1. The van der Waals surface area contributed by atoms with Gasteiger partial charge in [0, 0.05) is 38.3 Å². The normalized spacial score (nSPS) is 18.4. The molecule has 4 rings (SSSR count). The Morgan fingerprint density at radius 2 is 2.23 bits per heavy atom. The molecule has 26 heavy (non-hydrogen) atoms. The van der Waals surface area contributed by atoms with Crippen LogP contribution in [0.3, 0.4) is 0 Å². The molecule has 3 aromatic rings. The number of benzene rings is 1. The molecule has 1 saturated heterocycles. The summed E-state index contributed by atoms with van der Waals surface area (Å²) in [6.45, 7) is 4.33. The van der Waals surface area contributed by atoms with Gasteiger partial charge in [-0.2, -0.15) is 0 Å². The summed E-state index contributed by atoms with van der Waals surface area (Å²) in [6, 6.07) is 10.4. The predicted octanol–water partition coefficient (Wildman–Crippen LogP) is 1.44. The number of nitrogens with zero attached hydrogens (tertiary/aromatic N) is 6. The van der Waals surface area contributed by atoms with Crippen molar-refractivity contribution >= 4 is 10.9 Å². The van der Waals surface area contributed by atoms with Crippen molar-refractivity contribution in [3.63, 3.8) is 0 Å². The molecule has 0 radical (unpaired) electrons. The summed E-state index contributed by atoms with van der Waals surface area (Å²) in [5, 5.41) is 13.2. The predicted molar refractivity (Wildman–Crippen MR) is 95.4 cm³/mol. The van der Waals surface area contributed by atoms with Crippen molar-refractivity contribution in [2.45, 2.75) is 19.2 Å². The number of hydrogen-bond acceptors (Lipinski definition) is 7. The monoisotopic (exact) mass is 354 g/mol. The Hall–Kier alpha value is -2.42. The highest BCUT2D eigenvalue weighted by Gasteiger charge is 2.27. The summed E-state index contributed by atoms with van der Waals surface area (Å²) in [4.78, 5) is 6.83. The molecule has 0 N–H and O–H groups in total. The summed E-state index contributed by atoms with van der Waals surface area (Å²) in [7, 11) is 1.67. The molecule has 1 atom stereocenters. The van der Waals surface area contributed by atoms with Crippen molar-refractivity contribution < 1.29 is 9.47 Å². The van der Waals surface area contributed by atoms with Gasteiger partial charge in [-0.25, -0.2) is 4.68 Å². The largest absolute Gasteiger partial charge is 0.383 e. The fraction of sp³-hybridized carbons (Fsp3) is 0.444. The minimum absolute atomic E-state index is 0.135. The Bertz CT molecular complexity index is 862. The molecule has 2 aromatic heterocycles. The minimum Gasteiger partial charge on any atom is -0.383 e. The molecule has 1 unspecified atom stereocenters. The standard InChI is InChI=1S/C18H22N6O2/c1-25-10-9-24-18(20-21-22-24)17-13-23(8-11-26-17)12-14-4-2-6-16-15(14)5-3-7-19-16/h2-7,17H,8-13H2,1H3. The first kappa shape index (κ1) is 17.0. The smallest absolute Gasteiger partial charge is 0.181 e. The van der Waals surface area contributed by atoms with Crippen LogP contribution in [-0.2, 0) is 22.6 Å². The molecule has 3 heterocycles. The molecule has 1 fully saturated rings. The van der Waals surface area contributed by atoms with Crippen LogP contribution >= 0.6 is 0 Å². The zero-order valence-electron chi connectivity index (χ0n) is 14.8. The molecule has 0 saturated carbocycles. The second kappa shape index (κ2) is 7.86. The molecule has 0 amide bonds. The first-order valence-electron chi connectivity index (χ1n) is 8.77. The second-order valence-electron chi connectivity index (χ2n) is 6.33. The van der Waals surface area contributed by atoms with Gasteiger partial charge in [-0.3, -0.25) is 9.88 Å². The van der Waals surface area contributed by atoms with E-state index >= 15 is 0 Å². The van der Waals surface area contributed by atoms with Gasteiger partial charge in [0.1, 0.15) is 6.10 Å². The van der Waals surface area contributed by atoms with Crippen molar-refractivity contribution in [2.24, 2.45) is 0 Å². The van der Waals surface area contributed by atoms with Crippen LogP contribution in [0.15, 0.2) is 36.5 Å². The maximum Gasteiger partial charge on any atom is 0.181 e. The van der Waals surface area contributed by atoms with Crippen molar-refractivity contribution in [1.29, 1.82) is 0 Å². The topological polar surface area (TPSA) is 78.2 Å². The third-order valence-corrected chi connectivity index (χ3v) is 4.64. The number of methoxy groups -OCH3 is 1. The van der Waals surface area contributed by atoms with Gasteiger partial charge in [0.25, 0.3) is 0 Å². The Morgan fingerprint density at radius 3 is 3.15 bits per heavy atom. The van der Waals surface area contributed by atoms with Gasteiger partial charge < -0.3 is 9.47 Å². The number of ether oxygens (including phenoxy) is 2. The van der Waals surface area contributed by atoms with Crippen molar-refractivity contribution in [2.75, 3.05) is 33.4 Å². The van der Waals surface area contributed by atoms with E-state index in [1.54, 1.807) is 11.8 Å². The molecule has 0 aliphatic carbocycles. The van der Waals surface area contributed by atoms with Crippen molar-refractivity contribution in [3.05, 3.63) is 47.9 Å². The molecular formula is C18H22N6O2. The van der Waals surface area contributed by atoms with E-state index < -0.39 is 0 Å². The summed E-state index contributed by atoms with van der Waals surface area (Å²) < 4.78 is 12.8. The van der Waals surface area contributed by atoms with E-state index in [4.69, 9.17) is 9.47 Å². The van der Waals surface area contributed by atoms with E-state index in [9.17, 15) is 0 Å². The van der Waals surface area contributed by atoms with Crippen LogP contribution in [0, 0.1) is 0 Å². The lowest BCUT2D eigenvalue weighted by Crippen LogP contribution is -2.39. The SMILES string of the molecule is COCCn1nnnc1C1CN(Cc2cccc3ncccc23)CCO1. The van der Waals surface area contributed by atoms with Crippen molar-refractivity contribution in [3.8, 4) is 0 Å². The fourth-order valence-electron chi connectivity index (χ4n) is 3.33. The number of pyridine rings is 1. The number of morpholine rings is 1. The lowest BCUT2D eigenvalue weighted by Gasteiger charge is -2.32. The number of fused-ring (bicyclic) bond motifs is 1. The van der Waals surface area contributed by atoms with E-state index in [1.165, 1.54) is 10.9 Å². The maximum absolute atomic E-state index is 5.94. The fourth-order valence-corrected chi connectivity index (χ4v) is 3.33. The Balaban J connectivity index is 1.49. The highest BCUT2D eigenvalue weighted by atomic mass is 16.5. The van der Waals surface area contributed by atoms with Crippen LogP contribution in [0.25, 0.3) is 10.9 Å². The van der Waals surface area contributed by atoms with Crippen LogP contribution in [0.2, 0.25) is 0 Å². The molecule has 8 nitrogen and oxygen atoms in total. The van der Waals surface area contributed by atoms with Gasteiger partial charge in [-0.05, 0) is 28.1 Å². The molecule has 136 valence electrons. The van der Waals surface area contributed by atoms with E-state index in [0.29, 0.717) is 19.8 Å². The van der Waals surface area contributed by atoms with E-state index in [0.717, 1.165) is 31.0 Å². The molecule has 0 bridgehead atoms. The Morgan fingerprint density at radius 1 is 1.27 bits per heavy atom. The molecule has 1 aliphatic rings. The van der Waals surface area contributed by atoms with Gasteiger partial charge in [-0.15, -0.1) is 5.10 Å². The third kappa shape index (κ3) is 3.57. The maximum atomic E-state index is 5.94. The summed E-state index contributed by atoms with van der Waals surface area (Å²) in [5.74, 6) is 0.756. The molecule has 1 aliphatic heterocycles. The van der Waals surface area contributed by atoms with E-state index in [2.05, 4.69) is 43.6 Å². The average Bonchev–Trinajstić information content (AvgIpc) is 3.15. The van der Waals surface area contributed by atoms with E-state index in [1.807, 2.05) is 18.3 Å². The van der Waals surface area contributed by atoms with Crippen LogP contribution in [0.4, 0.5) is 0 Å². The Labute approximate surface area is 151 Å². The van der Waals surface area contributed by atoms with Crippen LogP contribution in [0.1, 0.15) is 17.5 Å². The van der Waals surface area contributed by atoms with Gasteiger partial charge in [0.05, 0.1) is 25.3 Å². The quantitative estimate of drug-likeness (QED) is 0.663. The van der Waals surface area contributed by atoms with Crippen LogP contribution < -0.4 is 0 Å². The summed E-state index contributed by atoms with van der Waals surface area (Å²) >= 11 is 0. The zero-order valence-corrected chi connectivity index (χ0v) is 14.8. The number of rotatable bonds is 6. The number of aromatic nitrogens is 5. The van der Waals surface area contributed by atoms with Gasteiger partial charge in [0.2, 0.25) is 0 Å². The molecule has 8 heteroatoms. The second-order valence-corrected chi connectivity index (χ2v) is 6.33. The summed E-state index contributed by atoms with van der Waals surface area (Å²) in [5.41, 5.74) is 2.30. The Kier molecular flexibility index (Phi) is 5.14. The molecule has 1 aromatic carbocycles. The third-order valence-electron chi connectivity index (χ3n) is 4.64. The van der Waals surface area contributed by atoms with Crippen LogP contribution in [-0.4, -0.2) is 63.5 Å². The first-order valence-corrected chi connectivity index (χ1v) is 8.77. The van der Waals surface area contributed by atoms with Crippen molar-refractivity contribution in [1.82, 2.24) is 30.1 Å². The average molecular weight is 354 g/mol. The highest BCUT2D eigenvalue weighted by Crippen LogP contribution is 2.23. The summed E-state index contributed by atoms with van der Waals surface area (Å²) in [6.07, 6.45) is 1.69. The number of hydrogen-bond donors (Lipinski definition) is 0. The minimum atomic E-state index is -0.135. The molecular weight excluding hydrogens is 332 g/mol. The van der Waals surface area contributed by atoms with Crippen LogP contribution in [0.5, 0.6) is 0 Å². The van der Waals surface area contributed by atoms with Gasteiger partial charge in [-0.1, -0.05) is 18.2 Å². The number of tetrazole rings is 1. The lowest BCUT2D eigenvalue weighted by molar-refractivity contribution is -0.0395. The molecule has 0 spiro atoms. The zero-order chi connectivity index (χ0) is 17.8. The first-order chi connectivity index (χ1) is 12.8.